The molecule has 0 spiro atoms. The number of para-hydroxylation sites is 2. The highest BCUT2D eigenvalue weighted by atomic mass is 16.5. The van der Waals surface area contributed by atoms with Gasteiger partial charge in [-0.2, -0.15) is 0 Å². The molecule has 160 valence electrons. The number of hydrogen-bond acceptors (Lipinski definition) is 4. The largest absolute Gasteiger partial charge is 0.493 e. The SMILES string of the molecule is COc1cc(-c2nc3ccccc3n2Cc2ccc3ccccc3c2)cc(OC)c1OC. The van der Waals surface area contributed by atoms with Gasteiger partial charge in [-0.05, 0) is 46.7 Å². The van der Waals surface area contributed by atoms with Crippen LogP contribution in [0.3, 0.4) is 0 Å². The van der Waals surface area contributed by atoms with Gasteiger partial charge in [0, 0.05) is 12.1 Å². The van der Waals surface area contributed by atoms with Crippen molar-refractivity contribution in [2.45, 2.75) is 6.54 Å². The number of imidazole rings is 1. The van der Waals surface area contributed by atoms with Crippen LogP contribution in [0.2, 0.25) is 0 Å². The molecule has 0 fully saturated rings. The Kier molecular flexibility index (Phi) is 5.15. The van der Waals surface area contributed by atoms with E-state index in [-0.39, 0.29) is 0 Å². The Balaban J connectivity index is 1.68. The summed E-state index contributed by atoms with van der Waals surface area (Å²) in [6.45, 7) is 0.692. The van der Waals surface area contributed by atoms with Crippen LogP contribution < -0.4 is 14.2 Å². The Hall–Kier alpha value is -3.99. The molecule has 1 heterocycles. The maximum Gasteiger partial charge on any atom is 0.203 e. The van der Waals surface area contributed by atoms with E-state index in [0.29, 0.717) is 23.8 Å². The monoisotopic (exact) mass is 424 g/mol. The standard InChI is InChI=1S/C27H24N2O3/c1-30-24-15-21(16-25(31-2)26(24)32-3)27-28-22-10-6-7-11-23(22)29(27)17-18-12-13-19-8-4-5-9-20(19)14-18/h4-16H,17H2,1-3H3. The summed E-state index contributed by atoms with van der Waals surface area (Å²) >= 11 is 0. The van der Waals surface area contributed by atoms with E-state index >= 15 is 0 Å². The maximum atomic E-state index is 5.58. The second kappa shape index (κ2) is 8.27. The van der Waals surface area contributed by atoms with Crippen LogP contribution in [0.15, 0.2) is 78.9 Å². The summed E-state index contributed by atoms with van der Waals surface area (Å²) in [5.74, 6) is 2.62. The van der Waals surface area contributed by atoms with Crippen molar-refractivity contribution in [3.63, 3.8) is 0 Å². The average molecular weight is 425 g/mol. The second-order valence-corrected chi connectivity index (χ2v) is 7.61. The topological polar surface area (TPSA) is 45.5 Å². The van der Waals surface area contributed by atoms with Crippen LogP contribution in [0.1, 0.15) is 5.56 Å². The normalized spacial score (nSPS) is 11.1. The first-order valence-electron chi connectivity index (χ1n) is 10.4. The lowest BCUT2D eigenvalue weighted by Crippen LogP contribution is -2.03. The van der Waals surface area contributed by atoms with Crippen molar-refractivity contribution in [2.24, 2.45) is 0 Å². The van der Waals surface area contributed by atoms with Gasteiger partial charge in [0.05, 0.1) is 32.4 Å². The van der Waals surface area contributed by atoms with Crippen molar-refractivity contribution >= 4 is 21.8 Å². The molecule has 32 heavy (non-hydrogen) atoms. The first-order valence-corrected chi connectivity index (χ1v) is 10.4. The van der Waals surface area contributed by atoms with Gasteiger partial charge >= 0.3 is 0 Å². The van der Waals surface area contributed by atoms with Crippen molar-refractivity contribution in [1.82, 2.24) is 9.55 Å². The number of aromatic nitrogens is 2. The van der Waals surface area contributed by atoms with Crippen LogP contribution in [-0.2, 0) is 6.54 Å². The summed E-state index contributed by atoms with van der Waals surface area (Å²) in [4.78, 5) is 4.96. The van der Waals surface area contributed by atoms with E-state index in [1.165, 1.54) is 16.3 Å². The van der Waals surface area contributed by atoms with Crippen LogP contribution in [-0.4, -0.2) is 30.9 Å². The lowest BCUT2D eigenvalue weighted by Gasteiger charge is -2.15. The Morgan fingerprint density at radius 1 is 0.719 bits per heavy atom. The van der Waals surface area contributed by atoms with Crippen molar-refractivity contribution in [3.8, 4) is 28.6 Å². The quantitative estimate of drug-likeness (QED) is 0.339. The van der Waals surface area contributed by atoms with E-state index in [1.54, 1.807) is 21.3 Å². The molecule has 0 saturated carbocycles. The molecule has 5 nitrogen and oxygen atoms in total. The van der Waals surface area contributed by atoms with Crippen LogP contribution in [0, 0.1) is 0 Å². The van der Waals surface area contributed by atoms with Crippen molar-refractivity contribution < 1.29 is 14.2 Å². The van der Waals surface area contributed by atoms with Crippen molar-refractivity contribution in [3.05, 3.63) is 84.4 Å². The molecule has 4 aromatic carbocycles. The molecule has 0 atom stereocenters. The molecule has 0 amide bonds. The van der Waals surface area contributed by atoms with E-state index in [2.05, 4.69) is 53.1 Å². The summed E-state index contributed by atoms with van der Waals surface area (Å²) in [5.41, 5.74) is 4.12. The number of benzene rings is 4. The van der Waals surface area contributed by atoms with Crippen LogP contribution in [0.4, 0.5) is 0 Å². The fourth-order valence-corrected chi connectivity index (χ4v) is 4.19. The van der Waals surface area contributed by atoms with E-state index in [4.69, 9.17) is 19.2 Å². The number of fused-ring (bicyclic) bond motifs is 2. The summed E-state index contributed by atoms with van der Waals surface area (Å²) in [6.07, 6.45) is 0. The molecular weight excluding hydrogens is 400 g/mol. The lowest BCUT2D eigenvalue weighted by molar-refractivity contribution is 0.324. The molecule has 5 rings (SSSR count). The summed E-state index contributed by atoms with van der Waals surface area (Å²) in [7, 11) is 4.85. The fourth-order valence-electron chi connectivity index (χ4n) is 4.19. The van der Waals surface area contributed by atoms with Gasteiger partial charge in [-0.1, -0.05) is 48.5 Å². The zero-order valence-electron chi connectivity index (χ0n) is 18.3. The molecule has 0 aliphatic rings. The van der Waals surface area contributed by atoms with Gasteiger partial charge in [-0.3, -0.25) is 0 Å². The summed E-state index contributed by atoms with van der Waals surface area (Å²) < 4.78 is 18.9. The van der Waals surface area contributed by atoms with Gasteiger partial charge in [0.15, 0.2) is 11.5 Å². The molecule has 0 aliphatic carbocycles. The Morgan fingerprint density at radius 2 is 1.41 bits per heavy atom. The number of nitrogens with zero attached hydrogens (tertiary/aromatic N) is 2. The van der Waals surface area contributed by atoms with E-state index in [1.807, 2.05) is 30.3 Å². The van der Waals surface area contributed by atoms with Crippen LogP contribution in [0.25, 0.3) is 33.2 Å². The minimum atomic E-state index is 0.566. The zero-order valence-corrected chi connectivity index (χ0v) is 18.3. The third-order valence-corrected chi connectivity index (χ3v) is 5.73. The molecule has 0 N–H and O–H groups in total. The molecule has 5 heteroatoms. The van der Waals surface area contributed by atoms with E-state index < -0.39 is 0 Å². The van der Waals surface area contributed by atoms with Crippen LogP contribution >= 0.6 is 0 Å². The molecule has 1 aromatic heterocycles. The Morgan fingerprint density at radius 3 is 2.12 bits per heavy atom. The molecule has 0 saturated heterocycles. The van der Waals surface area contributed by atoms with Crippen molar-refractivity contribution in [2.75, 3.05) is 21.3 Å². The molecule has 0 unspecified atom stereocenters. The average Bonchev–Trinajstić information content (AvgIpc) is 3.21. The molecule has 0 radical (unpaired) electrons. The number of methoxy groups -OCH3 is 3. The predicted molar refractivity (Wildman–Crippen MR) is 128 cm³/mol. The van der Waals surface area contributed by atoms with Gasteiger partial charge in [0.25, 0.3) is 0 Å². The highest BCUT2D eigenvalue weighted by Crippen LogP contribution is 2.41. The third-order valence-electron chi connectivity index (χ3n) is 5.73. The van der Waals surface area contributed by atoms with Gasteiger partial charge in [-0.25, -0.2) is 4.98 Å². The van der Waals surface area contributed by atoms with Gasteiger partial charge in [0.1, 0.15) is 5.82 Å². The Bertz CT molecular complexity index is 1400. The number of ether oxygens (including phenoxy) is 3. The van der Waals surface area contributed by atoms with Gasteiger partial charge in [0.2, 0.25) is 5.75 Å². The molecule has 0 bridgehead atoms. The number of rotatable bonds is 6. The minimum absolute atomic E-state index is 0.566. The predicted octanol–water partition coefficient (Wildman–Crippen LogP) is 5.93. The van der Waals surface area contributed by atoms with E-state index in [0.717, 1.165) is 22.4 Å². The molecular formula is C27H24N2O3. The molecule has 5 aromatic rings. The first-order chi connectivity index (χ1) is 15.7. The van der Waals surface area contributed by atoms with E-state index in [9.17, 15) is 0 Å². The Labute approximate surface area is 186 Å². The number of hydrogen-bond donors (Lipinski definition) is 0. The fraction of sp³-hybridized carbons (Fsp3) is 0.148. The zero-order chi connectivity index (χ0) is 22.1. The minimum Gasteiger partial charge on any atom is -0.493 e. The third kappa shape index (κ3) is 3.42. The molecule has 0 aliphatic heterocycles. The maximum absolute atomic E-state index is 5.58. The van der Waals surface area contributed by atoms with Crippen molar-refractivity contribution in [1.29, 1.82) is 0 Å². The first kappa shape index (κ1) is 19.9. The second-order valence-electron chi connectivity index (χ2n) is 7.61. The van der Waals surface area contributed by atoms with Gasteiger partial charge in [-0.15, -0.1) is 0 Å². The highest BCUT2D eigenvalue weighted by molar-refractivity contribution is 5.84. The van der Waals surface area contributed by atoms with Gasteiger partial charge < -0.3 is 18.8 Å². The highest BCUT2D eigenvalue weighted by Gasteiger charge is 2.19. The smallest absolute Gasteiger partial charge is 0.203 e. The summed E-state index contributed by atoms with van der Waals surface area (Å²) in [5, 5.41) is 2.46. The lowest BCUT2D eigenvalue weighted by atomic mass is 10.1. The summed E-state index contributed by atoms with van der Waals surface area (Å²) in [6, 6.07) is 27.1. The van der Waals surface area contributed by atoms with Crippen LogP contribution in [0.5, 0.6) is 17.2 Å².